The van der Waals surface area contributed by atoms with Crippen LogP contribution in [0.5, 0.6) is 0 Å². The van der Waals surface area contributed by atoms with E-state index >= 15 is 0 Å². The fraction of sp³-hybridized carbons (Fsp3) is 0.111. The smallest absolute Gasteiger partial charge is 0.0106 e. The molecular weight excluding hydrogens is 216 g/mol. The molecule has 0 N–H and O–H groups in total. The van der Waals surface area contributed by atoms with Crippen molar-refractivity contribution in [3.8, 4) is 11.1 Å². The minimum Gasteiger partial charge on any atom is -0.0984 e. The van der Waals surface area contributed by atoms with Gasteiger partial charge in [0.15, 0.2) is 0 Å². The van der Waals surface area contributed by atoms with Gasteiger partial charge in [-0.3, -0.25) is 0 Å². The van der Waals surface area contributed by atoms with Crippen molar-refractivity contribution in [2.24, 2.45) is 0 Å². The normalized spacial score (nSPS) is 9.00. The Hall–Kier alpha value is -2.08. The Labute approximate surface area is 110 Å². The number of hydrogen-bond acceptors (Lipinski definition) is 0. The molecule has 0 heterocycles. The van der Waals surface area contributed by atoms with Gasteiger partial charge in [0.05, 0.1) is 0 Å². The molecular formula is C18H20. The topological polar surface area (TPSA) is 0 Å². The van der Waals surface area contributed by atoms with Crippen LogP contribution in [0, 0.1) is 0 Å². The summed E-state index contributed by atoms with van der Waals surface area (Å²) in [6.45, 7) is 11.7. The SMILES string of the molecule is C=Cc1cccc(-c2ccccc2)c1C=C.CC. The molecule has 0 spiro atoms. The molecule has 0 heteroatoms. The van der Waals surface area contributed by atoms with Crippen molar-refractivity contribution >= 4 is 12.2 Å². The second-order valence-corrected chi connectivity index (χ2v) is 3.58. The highest BCUT2D eigenvalue weighted by Gasteiger charge is 2.04. The van der Waals surface area contributed by atoms with Gasteiger partial charge in [0.2, 0.25) is 0 Å². The molecule has 0 aromatic heterocycles. The molecule has 0 bridgehead atoms. The van der Waals surface area contributed by atoms with E-state index in [0.717, 1.165) is 11.1 Å². The van der Waals surface area contributed by atoms with Crippen LogP contribution >= 0.6 is 0 Å². The van der Waals surface area contributed by atoms with Crippen LogP contribution in [-0.2, 0) is 0 Å². The maximum Gasteiger partial charge on any atom is -0.0106 e. The van der Waals surface area contributed by atoms with Crippen LogP contribution in [0.4, 0.5) is 0 Å². The molecule has 0 amide bonds. The van der Waals surface area contributed by atoms with Crippen LogP contribution in [0.1, 0.15) is 25.0 Å². The maximum atomic E-state index is 3.88. The lowest BCUT2D eigenvalue weighted by Gasteiger charge is -2.09. The van der Waals surface area contributed by atoms with Crippen LogP contribution < -0.4 is 0 Å². The van der Waals surface area contributed by atoms with E-state index in [4.69, 9.17) is 0 Å². The Balaban J connectivity index is 0.000000771. The van der Waals surface area contributed by atoms with Crippen molar-refractivity contribution in [2.75, 3.05) is 0 Å². The molecule has 92 valence electrons. The zero-order chi connectivity index (χ0) is 13.4. The first kappa shape index (κ1) is 14.0. The van der Waals surface area contributed by atoms with E-state index in [1.54, 1.807) is 0 Å². The molecule has 0 nitrogen and oxygen atoms in total. The molecule has 0 saturated carbocycles. The van der Waals surface area contributed by atoms with Crippen molar-refractivity contribution < 1.29 is 0 Å². The fourth-order valence-corrected chi connectivity index (χ4v) is 1.86. The summed E-state index contributed by atoms with van der Waals surface area (Å²) in [6, 6.07) is 16.5. The van der Waals surface area contributed by atoms with Gasteiger partial charge in [-0.1, -0.05) is 87.7 Å². The molecule has 18 heavy (non-hydrogen) atoms. The average Bonchev–Trinajstić information content (AvgIpc) is 2.49. The Morgan fingerprint density at radius 1 is 0.778 bits per heavy atom. The summed E-state index contributed by atoms with van der Waals surface area (Å²) in [5.74, 6) is 0. The Morgan fingerprint density at radius 3 is 2.00 bits per heavy atom. The van der Waals surface area contributed by atoms with Gasteiger partial charge >= 0.3 is 0 Å². The largest absolute Gasteiger partial charge is 0.0984 e. The van der Waals surface area contributed by atoms with E-state index < -0.39 is 0 Å². The molecule has 2 rings (SSSR count). The van der Waals surface area contributed by atoms with E-state index in [1.165, 1.54) is 11.1 Å². The van der Waals surface area contributed by atoms with Gasteiger partial charge in [-0.15, -0.1) is 0 Å². The van der Waals surface area contributed by atoms with Crippen molar-refractivity contribution in [1.82, 2.24) is 0 Å². The van der Waals surface area contributed by atoms with E-state index in [1.807, 2.05) is 50.3 Å². The molecule has 2 aromatic rings. The summed E-state index contributed by atoms with van der Waals surface area (Å²) in [6.07, 6.45) is 3.75. The first-order valence-electron chi connectivity index (χ1n) is 6.30. The van der Waals surface area contributed by atoms with Gasteiger partial charge in [-0.05, 0) is 22.3 Å². The summed E-state index contributed by atoms with van der Waals surface area (Å²) in [5.41, 5.74) is 4.68. The second-order valence-electron chi connectivity index (χ2n) is 3.58. The predicted molar refractivity (Wildman–Crippen MR) is 83.4 cm³/mol. The molecule has 0 aliphatic heterocycles. The third-order valence-corrected chi connectivity index (χ3v) is 2.65. The zero-order valence-electron chi connectivity index (χ0n) is 11.2. The predicted octanol–water partition coefficient (Wildman–Crippen LogP) is 5.67. The van der Waals surface area contributed by atoms with Crippen LogP contribution in [0.3, 0.4) is 0 Å². The third-order valence-electron chi connectivity index (χ3n) is 2.65. The quantitative estimate of drug-likeness (QED) is 0.644. The lowest BCUT2D eigenvalue weighted by molar-refractivity contribution is 1.50. The molecule has 2 aromatic carbocycles. The van der Waals surface area contributed by atoms with Crippen molar-refractivity contribution in [3.05, 3.63) is 72.8 Å². The highest BCUT2D eigenvalue weighted by atomic mass is 14.1. The minimum atomic E-state index is 1.12. The number of rotatable bonds is 3. The molecule has 0 fully saturated rings. The highest BCUT2D eigenvalue weighted by molar-refractivity contribution is 5.80. The van der Waals surface area contributed by atoms with Gasteiger partial charge < -0.3 is 0 Å². The first-order chi connectivity index (χ1) is 8.86. The van der Waals surface area contributed by atoms with Gasteiger partial charge in [-0.25, -0.2) is 0 Å². The zero-order valence-corrected chi connectivity index (χ0v) is 11.2. The molecule has 0 aliphatic rings. The van der Waals surface area contributed by atoms with Crippen molar-refractivity contribution in [2.45, 2.75) is 13.8 Å². The Bertz CT molecular complexity index is 507. The summed E-state index contributed by atoms with van der Waals surface area (Å²) < 4.78 is 0. The van der Waals surface area contributed by atoms with Gasteiger partial charge in [0, 0.05) is 0 Å². The van der Waals surface area contributed by atoms with E-state index in [-0.39, 0.29) is 0 Å². The van der Waals surface area contributed by atoms with Crippen molar-refractivity contribution in [3.63, 3.8) is 0 Å². The van der Waals surface area contributed by atoms with Crippen LogP contribution in [0.2, 0.25) is 0 Å². The minimum absolute atomic E-state index is 1.12. The third kappa shape index (κ3) is 2.98. The number of benzene rings is 2. The fourth-order valence-electron chi connectivity index (χ4n) is 1.86. The summed E-state index contributed by atoms with van der Waals surface area (Å²) in [7, 11) is 0. The standard InChI is InChI=1S/C16H14.C2H6/c1-3-13-11-8-12-16(15(13)4-2)14-9-6-5-7-10-14;1-2/h3-12H,1-2H2;1-2H3. The molecule has 0 atom stereocenters. The van der Waals surface area contributed by atoms with Gasteiger partial charge in [-0.2, -0.15) is 0 Å². The summed E-state index contributed by atoms with van der Waals surface area (Å²) >= 11 is 0. The summed E-state index contributed by atoms with van der Waals surface area (Å²) in [5, 5.41) is 0. The lowest BCUT2D eigenvalue weighted by atomic mass is 9.95. The molecule has 0 saturated heterocycles. The maximum absolute atomic E-state index is 3.88. The van der Waals surface area contributed by atoms with Crippen LogP contribution in [0.25, 0.3) is 23.3 Å². The molecule has 0 unspecified atom stereocenters. The summed E-state index contributed by atoms with van der Waals surface area (Å²) in [4.78, 5) is 0. The monoisotopic (exact) mass is 236 g/mol. The highest BCUT2D eigenvalue weighted by Crippen LogP contribution is 2.27. The molecule has 0 radical (unpaired) electrons. The van der Waals surface area contributed by atoms with E-state index in [0.29, 0.717) is 0 Å². The lowest BCUT2D eigenvalue weighted by Crippen LogP contribution is -1.86. The first-order valence-corrected chi connectivity index (χ1v) is 6.30. The van der Waals surface area contributed by atoms with Crippen LogP contribution in [0.15, 0.2) is 61.7 Å². The van der Waals surface area contributed by atoms with Crippen LogP contribution in [-0.4, -0.2) is 0 Å². The number of hydrogen-bond donors (Lipinski definition) is 0. The van der Waals surface area contributed by atoms with E-state index in [9.17, 15) is 0 Å². The molecule has 0 aliphatic carbocycles. The van der Waals surface area contributed by atoms with E-state index in [2.05, 4.69) is 37.4 Å². The van der Waals surface area contributed by atoms with Gasteiger partial charge in [0.25, 0.3) is 0 Å². The second kappa shape index (κ2) is 7.29. The Morgan fingerprint density at radius 2 is 1.44 bits per heavy atom. The van der Waals surface area contributed by atoms with Crippen molar-refractivity contribution in [1.29, 1.82) is 0 Å². The van der Waals surface area contributed by atoms with Gasteiger partial charge in [0.1, 0.15) is 0 Å². The Kier molecular flexibility index (Phi) is 5.66. The average molecular weight is 236 g/mol.